The second-order valence-electron chi connectivity index (χ2n) is 8.52. The van der Waals surface area contributed by atoms with Crippen LogP contribution in [0, 0.1) is 0 Å². The fourth-order valence-electron chi connectivity index (χ4n) is 3.51. The van der Waals surface area contributed by atoms with E-state index in [4.69, 9.17) is 10.5 Å². The van der Waals surface area contributed by atoms with Crippen molar-refractivity contribution < 1.29 is 9.53 Å². The number of carbonyl (C=O) groups excluding carboxylic acids is 1. The number of hydrogen-bond acceptors (Lipinski definition) is 3. The molecule has 2 N–H and O–H groups in total. The normalized spacial score (nSPS) is 11.2. The van der Waals surface area contributed by atoms with Crippen LogP contribution >= 0.6 is 0 Å². The summed E-state index contributed by atoms with van der Waals surface area (Å²) in [5.74, 6) is 0.0286. The molecule has 0 aromatic heterocycles. The molecule has 0 saturated carbocycles. The molecule has 0 radical (unpaired) electrons. The number of hydrogen-bond donors (Lipinski definition) is 1. The summed E-state index contributed by atoms with van der Waals surface area (Å²) in [6.45, 7) is 7.74. The van der Waals surface area contributed by atoms with E-state index in [1.807, 2.05) is 42.5 Å². The van der Waals surface area contributed by atoms with E-state index >= 15 is 0 Å². The van der Waals surface area contributed by atoms with Crippen molar-refractivity contribution in [2.24, 2.45) is 5.73 Å². The molecular formula is C26H30N2O2. The SMILES string of the molecule is COc1c(C(N)=O)cc(C(C)(C)C)cc1N(Cc1ccccc1)Cc1ccccc1. The minimum atomic E-state index is -0.487. The van der Waals surface area contributed by atoms with E-state index in [-0.39, 0.29) is 5.41 Å². The zero-order valence-corrected chi connectivity index (χ0v) is 18.2. The van der Waals surface area contributed by atoms with Gasteiger partial charge in [0.05, 0.1) is 18.4 Å². The van der Waals surface area contributed by atoms with Crippen molar-refractivity contribution in [2.45, 2.75) is 39.3 Å². The second kappa shape index (κ2) is 9.04. The Kier molecular flexibility index (Phi) is 6.46. The molecule has 1 amide bonds. The molecular weight excluding hydrogens is 372 g/mol. The molecule has 4 heteroatoms. The van der Waals surface area contributed by atoms with Gasteiger partial charge in [0, 0.05) is 13.1 Å². The van der Waals surface area contributed by atoms with Crippen LogP contribution in [0.1, 0.15) is 47.8 Å². The monoisotopic (exact) mass is 402 g/mol. The highest BCUT2D eigenvalue weighted by molar-refractivity contribution is 5.98. The first-order valence-corrected chi connectivity index (χ1v) is 10.1. The Labute approximate surface area is 179 Å². The Morgan fingerprint density at radius 2 is 1.40 bits per heavy atom. The molecule has 0 aliphatic carbocycles. The number of benzene rings is 3. The predicted molar refractivity (Wildman–Crippen MR) is 123 cm³/mol. The minimum absolute atomic E-state index is 0.142. The van der Waals surface area contributed by atoms with Gasteiger partial charge in [0.1, 0.15) is 0 Å². The summed E-state index contributed by atoms with van der Waals surface area (Å²) < 4.78 is 5.72. The lowest BCUT2D eigenvalue weighted by Crippen LogP contribution is -2.25. The van der Waals surface area contributed by atoms with Crippen LogP contribution in [0.2, 0.25) is 0 Å². The van der Waals surface area contributed by atoms with Crippen molar-refractivity contribution >= 4 is 11.6 Å². The van der Waals surface area contributed by atoms with Gasteiger partial charge >= 0.3 is 0 Å². The van der Waals surface area contributed by atoms with Gasteiger partial charge in [-0.2, -0.15) is 0 Å². The summed E-state index contributed by atoms with van der Waals surface area (Å²) in [5, 5.41) is 0. The lowest BCUT2D eigenvalue weighted by molar-refractivity contribution is 0.0997. The maximum Gasteiger partial charge on any atom is 0.252 e. The van der Waals surface area contributed by atoms with E-state index < -0.39 is 5.91 Å². The number of nitrogens with zero attached hydrogens (tertiary/aromatic N) is 1. The average molecular weight is 403 g/mol. The molecule has 0 aliphatic heterocycles. The van der Waals surface area contributed by atoms with Crippen LogP contribution in [0.15, 0.2) is 72.8 Å². The number of nitrogens with two attached hydrogens (primary N) is 1. The Balaban J connectivity index is 2.17. The van der Waals surface area contributed by atoms with Gasteiger partial charge in [-0.15, -0.1) is 0 Å². The smallest absolute Gasteiger partial charge is 0.252 e. The molecule has 156 valence electrons. The third-order valence-corrected chi connectivity index (χ3v) is 5.18. The number of anilines is 1. The van der Waals surface area contributed by atoms with E-state index in [2.05, 4.69) is 56.0 Å². The van der Waals surface area contributed by atoms with Gasteiger partial charge < -0.3 is 15.4 Å². The molecule has 30 heavy (non-hydrogen) atoms. The Bertz CT molecular complexity index is 951. The molecule has 3 aromatic rings. The van der Waals surface area contributed by atoms with Crippen molar-refractivity contribution in [2.75, 3.05) is 12.0 Å². The fourth-order valence-corrected chi connectivity index (χ4v) is 3.51. The van der Waals surface area contributed by atoms with Crippen LogP contribution in [-0.2, 0) is 18.5 Å². The molecule has 0 unspecified atom stereocenters. The van der Waals surface area contributed by atoms with Crippen LogP contribution in [0.25, 0.3) is 0 Å². The van der Waals surface area contributed by atoms with E-state index in [0.29, 0.717) is 24.4 Å². The zero-order chi connectivity index (χ0) is 21.7. The van der Waals surface area contributed by atoms with Crippen molar-refractivity contribution in [3.63, 3.8) is 0 Å². The highest BCUT2D eigenvalue weighted by Gasteiger charge is 2.24. The van der Waals surface area contributed by atoms with E-state index in [9.17, 15) is 4.79 Å². The Morgan fingerprint density at radius 3 is 1.80 bits per heavy atom. The molecule has 0 aliphatic rings. The highest BCUT2D eigenvalue weighted by Crippen LogP contribution is 2.38. The first-order valence-electron chi connectivity index (χ1n) is 10.1. The highest BCUT2D eigenvalue weighted by atomic mass is 16.5. The predicted octanol–water partition coefficient (Wildman–Crippen LogP) is 5.30. The maximum absolute atomic E-state index is 12.3. The van der Waals surface area contributed by atoms with Crippen molar-refractivity contribution in [1.82, 2.24) is 0 Å². The lowest BCUT2D eigenvalue weighted by atomic mass is 9.85. The third kappa shape index (κ3) is 5.01. The van der Waals surface area contributed by atoms with Gasteiger partial charge in [-0.3, -0.25) is 4.79 Å². The molecule has 0 fully saturated rings. The summed E-state index contributed by atoms with van der Waals surface area (Å²) in [6.07, 6.45) is 0. The summed E-state index contributed by atoms with van der Waals surface area (Å²) in [4.78, 5) is 14.5. The van der Waals surface area contributed by atoms with Gasteiger partial charge in [-0.25, -0.2) is 0 Å². The number of ether oxygens (including phenoxy) is 1. The van der Waals surface area contributed by atoms with Gasteiger partial charge in [-0.05, 0) is 34.2 Å². The number of primary amides is 1. The van der Waals surface area contributed by atoms with Crippen molar-refractivity contribution in [1.29, 1.82) is 0 Å². The van der Waals surface area contributed by atoms with Crippen LogP contribution < -0.4 is 15.4 Å². The van der Waals surface area contributed by atoms with E-state index in [0.717, 1.165) is 11.3 Å². The molecule has 0 spiro atoms. The number of methoxy groups -OCH3 is 1. The number of amides is 1. The van der Waals surface area contributed by atoms with E-state index in [1.54, 1.807) is 7.11 Å². The second-order valence-corrected chi connectivity index (χ2v) is 8.52. The summed E-state index contributed by atoms with van der Waals surface area (Å²) in [6, 6.07) is 24.6. The lowest BCUT2D eigenvalue weighted by Gasteiger charge is -2.30. The Hall–Kier alpha value is -3.27. The molecule has 0 bridgehead atoms. The van der Waals surface area contributed by atoms with Gasteiger partial charge in [0.2, 0.25) is 0 Å². The standard InChI is InChI=1S/C26H30N2O2/c1-26(2,3)21-15-22(25(27)29)24(30-4)23(16-21)28(17-19-11-7-5-8-12-19)18-20-13-9-6-10-14-20/h5-16H,17-18H2,1-4H3,(H2,27,29). The molecule has 0 saturated heterocycles. The number of rotatable bonds is 7. The topological polar surface area (TPSA) is 55.6 Å². The van der Waals surface area contributed by atoms with Crippen LogP contribution in [0.3, 0.4) is 0 Å². The first kappa shape index (κ1) is 21.4. The zero-order valence-electron chi connectivity index (χ0n) is 18.2. The maximum atomic E-state index is 12.3. The van der Waals surface area contributed by atoms with E-state index in [1.165, 1.54) is 11.1 Å². The van der Waals surface area contributed by atoms with Crippen molar-refractivity contribution in [3.05, 3.63) is 95.1 Å². The summed E-state index contributed by atoms with van der Waals surface area (Å²) in [5.41, 5.74) is 10.3. The molecule has 3 aromatic carbocycles. The molecule has 3 rings (SSSR count). The van der Waals surface area contributed by atoms with Crippen LogP contribution in [0.5, 0.6) is 5.75 Å². The third-order valence-electron chi connectivity index (χ3n) is 5.18. The van der Waals surface area contributed by atoms with Gasteiger partial charge in [0.15, 0.2) is 5.75 Å². The average Bonchev–Trinajstić information content (AvgIpc) is 2.73. The molecule has 0 heterocycles. The number of carbonyl (C=O) groups is 1. The van der Waals surface area contributed by atoms with Crippen molar-refractivity contribution in [3.8, 4) is 5.75 Å². The van der Waals surface area contributed by atoms with Gasteiger partial charge in [-0.1, -0.05) is 81.4 Å². The Morgan fingerprint density at radius 1 is 0.900 bits per heavy atom. The first-order chi connectivity index (χ1) is 14.3. The summed E-state index contributed by atoms with van der Waals surface area (Å²) in [7, 11) is 1.59. The van der Waals surface area contributed by atoms with Gasteiger partial charge in [0.25, 0.3) is 5.91 Å². The van der Waals surface area contributed by atoms with Crippen LogP contribution in [0.4, 0.5) is 5.69 Å². The molecule has 0 atom stereocenters. The molecule has 4 nitrogen and oxygen atoms in total. The fraction of sp³-hybridized carbons (Fsp3) is 0.269. The summed E-state index contributed by atoms with van der Waals surface area (Å²) >= 11 is 0. The van der Waals surface area contributed by atoms with Crippen LogP contribution in [-0.4, -0.2) is 13.0 Å². The quantitative estimate of drug-likeness (QED) is 0.583. The largest absolute Gasteiger partial charge is 0.494 e. The minimum Gasteiger partial charge on any atom is -0.494 e.